The molecule has 38 heavy (non-hydrogen) atoms. The lowest BCUT2D eigenvalue weighted by Gasteiger charge is -2.35. The summed E-state index contributed by atoms with van der Waals surface area (Å²) in [7, 11) is 0. The summed E-state index contributed by atoms with van der Waals surface area (Å²) < 4.78 is 11.2. The summed E-state index contributed by atoms with van der Waals surface area (Å²) >= 11 is 0. The quantitative estimate of drug-likeness (QED) is 0.387. The Hall–Kier alpha value is -4.12. The van der Waals surface area contributed by atoms with E-state index in [1.165, 1.54) is 6.33 Å². The van der Waals surface area contributed by atoms with Gasteiger partial charge in [0.1, 0.15) is 23.1 Å². The van der Waals surface area contributed by atoms with E-state index in [4.69, 9.17) is 14.2 Å². The van der Waals surface area contributed by atoms with Crippen molar-refractivity contribution in [3.8, 4) is 0 Å². The van der Waals surface area contributed by atoms with E-state index in [9.17, 15) is 4.79 Å². The molecule has 0 aliphatic carbocycles. The number of aryl methyl sites for hydroxylation is 1. The fourth-order valence-corrected chi connectivity index (χ4v) is 4.33. The van der Waals surface area contributed by atoms with E-state index in [1.54, 1.807) is 24.4 Å². The Kier molecular flexibility index (Phi) is 6.70. The van der Waals surface area contributed by atoms with Crippen molar-refractivity contribution in [1.29, 1.82) is 0 Å². The minimum atomic E-state index is -0.297. The van der Waals surface area contributed by atoms with Crippen LogP contribution in [0.1, 0.15) is 56.3 Å². The van der Waals surface area contributed by atoms with Crippen LogP contribution in [-0.4, -0.2) is 56.3 Å². The van der Waals surface area contributed by atoms with Gasteiger partial charge in [0.15, 0.2) is 11.6 Å². The van der Waals surface area contributed by atoms with E-state index in [1.807, 2.05) is 47.6 Å². The number of nitrogens with zero attached hydrogens (tertiary/aromatic N) is 6. The lowest BCUT2D eigenvalue weighted by molar-refractivity contribution is -0.00570. The molecule has 1 aliphatic heterocycles. The number of benzene rings is 1. The van der Waals surface area contributed by atoms with Gasteiger partial charge in [-0.05, 0) is 38.5 Å². The molecule has 1 saturated heterocycles. The second-order valence-electron chi connectivity index (χ2n) is 10.7. The third-order valence-electron chi connectivity index (χ3n) is 6.31. The Balaban J connectivity index is 1.40. The zero-order chi connectivity index (χ0) is 27.0. The van der Waals surface area contributed by atoms with Crippen molar-refractivity contribution < 1.29 is 14.1 Å². The van der Waals surface area contributed by atoms with Crippen LogP contribution in [0.3, 0.4) is 0 Å². The van der Waals surface area contributed by atoms with Crippen molar-refractivity contribution in [2.24, 2.45) is 0 Å². The van der Waals surface area contributed by atoms with Crippen molar-refractivity contribution in [2.45, 2.75) is 59.2 Å². The van der Waals surface area contributed by atoms with E-state index < -0.39 is 0 Å². The van der Waals surface area contributed by atoms with E-state index >= 15 is 0 Å². The highest BCUT2D eigenvalue weighted by atomic mass is 16.5. The van der Waals surface area contributed by atoms with Gasteiger partial charge in [0.05, 0.1) is 18.4 Å². The standard InChI is InChI=1S/C27H32N8O3/c1-15-7-8-18(25(36)32-22-10-21(38-34-22)27(4,5)6)9-19(15)31-24-23-20(29-14-30-24)11-28-26(33-23)35-12-16(2)37-17(3)13-35/h7-11,14,16-17H,12-13H2,1-6H3,(H,29,30,31)(H,32,34,36)/t16-,17?/m1/s1. The average Bonchev–Trinajstić information content (AvgIpc) is 3.34. The first kappa shape index (κ1) is 25.5. The molecular weight excluding hydrogens is 484 g/mol. The number of carbonyl (C=O) groups is 1. The van der Waals surface area contributed by atoms with Crippen molar-refractivity contribution in [1.82, 2.24) is 25.1 Å². The first-order chi connectivity index (χ1) is 18.1. The van der Waals surface area contributed by atoms with Crippen molar-refractivity contribution in [3.63, 3.8) is 0 Å². The van der Waals surface area contributed by atoms with E-state index in [2.05, 4.69) is 35.6 Å². The predicted molar refractivity (Wildman–Crippen MR) is 145 cm³/mol. The molecule has 198 valence electrons. The maximum atomic E-state index is 13.0. The molecule has 4 aromatic rings. The molecule has 0 radical (unpaired) electrons. The highest BCUT2D eigenvalue weighted by Gasteiger charge is 2.25. The number of hydrogen-bond acceptors (Lipinski definition) is 10. The molecule has 11 nitrogen and oxygen atoms in total. The van der Waals surface area contributed by atoms with E-state index in [0.717, 1.165) is 11.3 Å². The Morgan fingerprint density at radius 1 is 1.08 bits per heavy atom. The van der Waals surface area contributed by atoms with Crippen molar-refractivity contribution in [2.75, 3.05) is 28.6 Å². The molecule has 1 unspecified atom stereocenters. The Labute approximate surface area is 221 Å². The minimum Gasteiger partial charge on any atom is -0.372 e. The number of carbonyl (C=O) groups excluding carboxylic acids is 1. The third-order valence-corrected chi connectivity index (χ3v) is 6.31. The molecule has 1 aliphatic rings. The van der Waals surface area contributed by atoms with Gasteiger partial charge in [0.2, 0.25) is 5.95 Å². The molecule has 11 heteroatoms. The average molecular weight is 517 g/mol. The summed E-state index contributed by atoms with van der Waals surface area (Å²) in [6, 6.07) is 7.16. The van der Waals surface area contributed by atoms with Crippen molar-refractivity contribution in [3.05, 3.63) is 53.7 Å². The van der Waals surface area contributed by atoms with Gasteiger partial charge in [-0.3, -0.25) is 4.79 Å². The molecule has 2 atom stereocenters. The summed E-state index contributed by atoms with van der Waals surface area (Å²) in [5, 5.41) is 10.1. The van der Waals surface area contributed by atoms with Crippen LogP contribution in [-0.2, 0) is 10.2 Å². The Bertz CT molecular complexity index is 1470. The van der Waals surface area contributed by atoms with Crippen LogP contribution in [0.2, 0.25) is 0 Å². The number of anilines is 4. The number of morpholine rings is 1. The summed E-state index contributed by atoms with van der Waals surface area (Å²) in [5.41, 5.74) is 3.13. The number of fused-ring (bicyclic) bond motifs is 1. The molecule has 5 rings (SSSR count). The molecular formula is C27H32N8O3. The molecule has 4 heterocycles. The second kappa shape index (κ2) is 9.97. The fourth-order valence-electron chi connectivity index (χ4n) is 4.33. The monoisotopic (exact) mass is 516 g/mol. The number of rotatable bonds is 5. The number of nitrogens with one attached hydrogen (secondary N) is 2. The molecule has 0 saturated carbocycles. The highest BCUT2D eigenvalue weighted by molar-refractivity contribution is 6.04. The van der Waals surface area contributed by atoms with Crippen molar-refractivity contribution >= 4 is 40.2 Å². The van der Waals surface area contributed by atoms with Crippen LogP contribution in [0, 0.1) is 6.92 Å². The predicted octanol–water partition coefficient (Wildman–Crippen LogP) is 4.62. The minimum absolute atomic E-state index is 0.0801. The summed E-state index contributed by atoms with van der Waals surface area (Å²) in [4.78, 5) is 33.2. The SMILES string of the molecule is Cc1ccc(C(=O)Nc2cc(C(C)(C)C)on2)cc1Nc1ncnc2cnc(N3CC(C)O[C@H](C)C3)nc12. The third kappa shape index (κ3) is 5.42. The van der Waals surface area contributed by atoms with Gasteiger partial charge in [-0.15, -0.1) is 0 Å². The second-order valence-corrected chi connectivity index (χ2v) is 10.7. The van der Waals surface area contributed by atoms with E-state index in [-0.39, 0.29) is 23.5 Å². The number of aromatic nitrogens is 5. The van der Waals surface area contributed by atoms with Gasteiger partial charge < -0.3 is 24.8 Å². The van der Waals surface area contributed by atoms with E-state index in [0.29, 0.717) is 53.0 Å². The van der Waals surface area contributed by atoms with Gasteiger partial charge in [-0.2, -0.15) is 0 Å². The van der Waals surface area contributed by atoms with Crippen LogP contribution in [0.4, 0.5) is 23.3 Å². The van der Waals surface area contributed by atoms with Crippen LogP contribution in [0.5, 0.6) is 0 Å². The maximum absolute atomic E-state index is 13.0. The zero-order valence-electron chi connectivity index (χ0n) is 22.4. The van der Waals surface area contributed by atoms with Crippen LogP contribution >= 0.6 is 0 Å². The van der Waals surface area contributed by atoms with Gasteiger partial charge in [-0.25, -0.2) is 19.9 Å². The molecule has 2 N–H and O–H groups in total. The van der Waals surface area contributed by atoms with Crippen LogP contribution in [0.15, 0.2) is 41.3 Å². The maximum Gasteiger partial charge on any atom is 0.256 e. The Morgan fingerprint density at radius 2 is 1.84 bits per heavy atom. The fraction of sp³-hybridized carbons (Fsp3) is 0.407. The van der Waals surface area contributed by atoms with Gasteiger partial charge in [-0.1, -0.05) is 32.0 Å². The first-order valence-electron chi connectivity index (χ1n) is 12.6. The smallest absolute Gasteiger partial charge is 0.256 e. The first-order valence-corrected chi connectivity index (χ1v) is 12.6. The van der Waals surface area contributed by atoms with Gasteiger partial charge >= 0.3 is 0 Å². The summed E-state index contributed by atoms with van der Waals surface area (Å²) in [6.07, 6.45) is 3.33. The van der Waals surface area contributed by atoms with Gasteiger partial charge in [0.25, 0.3) is 5.91 Å². The van der Waals surface area contributed by atoms with Crippen LogP contribution in [0.25, 0.3) is 11.0 Å². The highest BCUT2D eigenvalue weighted by Crippen LogP contribution is 2.28. The molecule has 0 bridgehead atoms. The lowest BCUT2D eigenvalue weighted by atomic mass is 9.93. The summed E-state index contributed by atoms with van der Waals surface area (Å²) in [6.45, 7) is 13.5. The van der Waals surface area contributed by atoms with Gasteiger partial charge in [0, 0.05) is 35.8 Å². The van der Waals surface area contributed by atoms with Crippen LogP contribution < -0.4 is 15.5 Å². The molecule has 1 aromatic carbocycles. The zero-order valence-corrected chi connectivity index (χ0v) is 22.4. The molecule has 1 amide bonds. The molecule has 3 aromatic heterocycles. The number of amides is 1. The summed E-state index contributed by atoms with van der Waals surface area (Å²) in [5.74, 6) is 1.89. The largest absolute Gasteiger partial charge is 0.372 e. The Morgan fingerprint density at radius 3 is 2.55 bits per heavy atom. The lowest BCUT2D eigenvalue weighted by Crippen LogP contribution is -2.46. The topological polar surface area (TPSA) is 131 Å². The normalized spacial score (nSPS) is 18.0. The molecule has 1 fully saturated rings. The molecule has 0 spiro atoms. The number of hydrogen-bond donors (Lipinski definition) is 2. The number of ether oxygens (including phenoxy) is 1.